The van der Waals surface area contributed by atoms with Crippen molar-refractivity contribution in [3.05, 3.63) is 39.9 Å². The molecule has 1 aliphatic rings. The van der Waals surface area contributed by atoms with Crippen LogP contribution in [0.25, 0.3) is 0 Å². The molecule has 0 aliphatic heterocycles. The fraction of sp³-hybridized carbons (Fsp3) is 0.462. The Balaban J connectivity index is 2.13. The standard InChI is InChI=1S/C13H16N2O4/c16-13(17)12(14-10-3-1-2-4-10)9-5-7-11(8-6-9)15(18)19/h5-8,10,12,14H,1-4H2,(H,16,17). The first-order valence-electron chi connectivity index (χ1n) is 6.31. The van der Waals surface area contributed by atoms with E-state index in [2.05, 4.69) is 5.32 Å². The van der Waals surface area contributed by atoms with Crippen LogP contribution in [0.4, 0.5) is 5.69 Å². The van der Waals surface area contributed by atoms with E-state index in [1.54, 1.807) is 0 Å². The van der Waals surface area contributed by atoms with Gasteiger partial charge in [-0.05, 0) is 18.4 Å². The Bertz CT molecular complexity index is 466. The third-order valence-electron chi connectivity index (χ3n) is 3.44. The van der Waals surface area contributed by atoms with E-state index in [9.17, 15) is 20.0 Å². The molecule has 1 unspecified atom stereocenters. The second-order valence-electron chi connectivity index (χ2n) is 4.77. The number of benzene rings is 1. The first-order chi connectivity index (χ1) is 9.08. The predicted octanol–water partition coefficient (Wildman–Crippen LogP) is 2.25. The molecule has 0 saturated heterocycles. The average Bonchev–Trinajstić information content (AvgIpc) is 2.88. The minimum Gasteiger partial charge on any atom is -0.480 e. The van der Waals surface area contributed by atoms with Crippen molar-refractivity contribution in [1.82, 2.24) is 5.32 Å². The van der Waals surface area contributed by atoms with E-state index in [1.165, 1.54) is 24.3 Å². The van der Waals surface area contributed by atoms with Gasteiger partial charge in [0.25, 0.3) is 5.69 Å². The molecule has 0 spiro atoms. The molecule has 1 aliphatic carbocycles. The van der Waals surface area contributed by atoms with Gasteiger partial charge in [0.2, 0.25) is 0 Å². The van der Waals surface area contributed by atoms with Crippen LogP contribution in [0.5, 0.6) is 0 Å². The Morgan fingerprint density at radius 2 is 1.89 bits per heavy atom. The lowest BCUT2D eigenvalue weighted by Gasteiger charge is -2.19. The van der Waals surface area contributed by atoms with E-state index in [0.29, 0.717) is 5.56 Å². The molecule has 1 atom stereocenters. The Hall–Kier alpha value is -1.95. The first kappa shape index (κ1) is 13.5. The molecule has 1 aromatic carbocycles. The van der Waals surface area contributed by atoms with Gasteiger partial charge in [-0.15, -0.1) is 0 Å². The smallest absolute Gasteiger partial charge is 0.325 e. The van der Waals surface area contributed by atoms with Crippen molar-refractivity contribution in [3.63, 3.8) is 0 Å². The van der Waals surface area contributed by atoms with Gasteiger partial charge in [-0.25, -0.2) is 0 Å². The van der Waals surface area contributed by atoms with Crippen molar-refractivity contribution in [3.8, 4) is 0 Å². The van der Waals surface area contributed by atoms with Gasteiger partial charge in [-0.2, -0.15) is 0 Å². The summed E-state index contributed by atoms with van der Waals surface area (Å²) in [6, 6.07) is 5.08. The highest BCUT2D eigenvalue weighted by molar-refractivity contribution is 5.75. The summed E-state index contributed by atoms with van der Waals surface area (Å²) >= 11 is 0. The van der Waals surface area contributed by atoms with Crippen LogP contribution >= 0.6 is 0 Å². The summed E-state index contributed by atoms with van der Waals surface area (Å²) in [6.07, 6.45) is 4.20. The molecule has 1 saturated carbocycles. The highest BCUT2D eigenvalue weighted by atomic mass is 16.6. The lowest BCUT2D eigenvalue weighted by molar-refractivity contribution is -0.384. The molecule has 0 radical (unpaired) electrons. The number of rotatable bonds is 5. The van der Waals surface area contributed by atoms with E-state index in [-0.39, 0.29) is 11.7 Å². The molecule has 2 rings (SSSR count). The Kier molecular flexibility index (Phi) is 4.11. The Morgan fingerprint density at radius 3 is 2.37 bits per heavy atom. The minimum absolute atomic E-state index is 0.0336. The monoisotopic (exact) mass is 264 g/mol. The van der Waals surface area contributed by atoms with Crippen molar-refractivity contribution in [2.75, 3.05) is 0 Å². The molecule has 102 valence electrons. The molecular formula is C13H16N2O4. The quantitative estimate of drug-likeness (QED) is 0.628. The van der Waals surface area contributed by atoms with Crippen LogP contribution < -0.4 is 5.32 Å². The summed E-state index contributed by atoms with van der Waals surface area (Å²) < 4.78 is 0. The maximum Gasteiger partial charge on any atom is 0.325 e. The number of carboxylic acids is 1. The molecule has 0 aromatic heterocycles. The molecular weight excluding hydrogens is 248 g/mol. The fourth-order valence-electron chi connectivity index (χ4n) is 2.43. The third kappa shape index (κ3) is 3.29. The van der Waals surface area contributed by atoms with Crippen LogP contribution in [-0.4, -0.2) is 22.0 Å². The van der Waals surface area contributed by atoms with E-state index < -0.39 is 16.9 Å². The highest BCUT2D eigenvalue weighted by Crippen LogP contribution is 2.23. The first-order valence-corrected chi connectivity index (χ1v) is 6.31. The van der Waals surface area contributed by atoms with Crippen molar-refractivity contribution < 1.29 is 14.8 Å². The molecule has 2 N–H and O–H groups in total. The van der Waals surface area contributed by atoms with Gasteiger partial charge in [0.15, 0.2) is 0 Å². The number of aliphatic carboxylic acids is 1. The van der Waals surface area contributed by atoms with Gasteiger partial charge in [0, 0.05) is 18.2 Å². The molecule has 6 nitrogen and oxygen atoms in total. The van der Waals surface area contributed by atoms with Gasteiger partial charge >= 0.3 is 5.97 Å². The predicted molar refractivity (Wildman–Crippen MR) is 68.9 cm³/mol. The van der Waals surface area contributed by atoms with Gasteiger partial charge in [0.1, 0.15) is 6.04 Å². The fourth-order valence-corrected chi connectivity index (χ4v) is 2.43. The number of hydrogen-bond acceptors (Lipinski definition) is 4. The van der Waals surface area contributed by atoms with Crippen molar-refractivity contribution in [2.24, 2.45) is 0 Å². The zero-order valence-electron chi connectivity index (χ0n) is 10.4. The number of non-ortho nitro benzene ring substituents is 1. The van der Waals surface area contributed by atoms with Crippen LogP contribution in [0.2, 0.25) is 0 Å². The van der Waals surface area contributed by atoms with Crippen LogP contribution in [0, 0.1) is 10.1 Å². The zero-order chi connectivity index (χ0) is 13.8. The van der Waals surface area contributed by atoms with Gasteiger partial charge in [-0.3, -0.25) is 20.2 Å². The largest absolute Gasteiger partial charge is 0.480 e. The van der Waals surface area contributed by atoms with Crippen molar-refractivity contribution in [2.45, 2.75) is 37.8 Å². The van der Waals surface area contributed by atoms with Crippen molar-refractivity contribution in [1.29, 1.82) is 0 Å². The number of nitro groups is 1. The summed E-state index contributed by atoms with van der Waals surface area (Å²) in [5.41, 5.74) is 0.513. The van der Waals surface area contributed by atoms with Crippen LogP contribution in [0.1, 0.15) is 37.3 Å². The lowest BCUT2D eigenvalue weighted by Crippen LogP contribution is -2.35. The minimum atomic E-state index is -0.958. The van der Waals surface area contributed by atoms with E-state index in [4.69, 9.17) is 0 Å². The molecule has 19 heavy (non-hydrogen) atoms. The maximum atomic E-state index is 11.3. The summed E-state index contributed by atoms with van der Waals surface area (Å²) in [5.74, 6) is -0.958. The van der Waals surface area contributed by atoms with E-state index in [0.717, 1.165) is 25.7 Å². The molecule has 1 aromatic rings. The SMILES string of the molecule is O=C(O)C(NC1CCCC1)c1ccc([N+](=O)[O-])cc1. The molecule has 1 fully saturated rings. The molecule has 0 bridgehead atoms. The summed E-state index contributed by atoms with van der Waals surface area (Å²) in [6.45, 7) is 0. The van der Waals surface area contributed by atoms with Crippen LogP contribution in [0.15, 0.2) is 24.3 Å². The number of hydrogen-bond donors (Lipinski definition) is 2. The van der Waals surface area contributed by atoms with Crippen LogP contribution in [0.3, 0.4) is 0 Å². The second kappa shape index (κ2) is 5.79. The molecule has 0 amide bonds. The van der Waals surface area contributed by atoms with E-state index in [1.807, 2.05) is 0 Å². The number of carbonyl (C=O) groups is 1. The van der Waals surface area contributed by atoms with Crippen molar-refractivity contribution >= 4 is 11.7 Å². The van der Waals surface area contributed by atoms with E-state index >= 15 is 0 Å². The van der Waals surface area contributed by atoms with Crippen LogP contribution in [-0.2, 0) is 4.79 Å². The van der Waals surface area contributed by atoms with Gasteiger partial charge in [-0.1, -0.05) is 25.0 Å². The highest BCUT2D eigenvalue weighted by Gasteiger charge is 2.25. The summed E-state index contributed by atoms with van der Waals surface area (Å²) in [5, 5.41) is 22.9. The Morgan fingerprint density at radius 1 is 1.32 bits per heavy atom. The number of carboxylic acid groups (broad SMARTS) is 1. The third-order valence-corrected chi connectivity index (χ3v) is 3.44. The number of nitrogens with zero attached hydrogens (tertiary/aromatic N) is 1. The summed E-state index contributed by atoms with van der Waals surface area (Å²) in [4.78, 5) is 21.4. The molecule has 6 heteroatoms. The number of nitro benzene ring substituents is 1. The Labute approximate surface area is 110 Å². The number of nitrogens with one attached hydrogen (secondary N) is 1. The lowest BCUT2D eigenvalue weighted by atomic mass is 10.0. The summed E-state index contributed by atoms with van der Waals surface area (Å²) in [7, 11) is 0. The van der Waals surface area contributed by atoms with Gasteiger partial charge < -0.3 is 5.11 Å². The van der Waals surface area contributed by atoms with Gasteiger partial charge in [0.05, 0.1) is 4.92 Å². The topological polar surface area (TPSA) is 92.5 Å². The zero-order valence-corrected chi connectivity index (χ0v) is 10.4. The molecule has 0 heterocycles. The normalized spacial score (nSPS) is 17.3. The second-order valence-corrected chi connectivity index (χ2v) is 4.77. The maximum absolute atomic E-state index is 11.3. The average molecular weight is 264 g/mol.